The Hall–Kier alpha value is -0.220. The lowest BCUT2D eigenvalue weighted by molar-refractivity contribution is 0.0909. The van der Waals surface area contributed by atoms with Crippen molar-refractivity contribution in [3.8, 4) is 0 Å². The molecule has 0 bridgehead atoms. The monoisotopic (exact) mass is 242 g/mol. The molecule has 1 heterocycles. The van der Waals surface area contributed by atoms with Crippen molar-refractivity contribution in [2.45, 2.75) is 45.3 Å². The molecule has 16 heavy (non-hydrogen) atoms. The van der Waals surface area contributed by atoms with Gasteiger partial charge in [0.05, 0.1) is 12.1 Å². The van der Waals surface area contributed by atoms with Gasteiger partial charge in [0, 0.05) is 19.4 Å². The molecule has 3 nitrogen and oxygen atoms in total. The molecule has 2 rings (SSSR count). The van der Waals surface area contributed by atoms with Crippen LogP contribution >= 0.6 is 11.8 Å². The summed E-state index contributed by atoms with van der Waals surface area (Å²) in [5.74, 6) is 1.16. The molecule has 1 N–H and O–H groups in total. The van der Waals surface area contributed by atoms with Gasteiger partial charge in [0.1, 0.15) is 0 Å². The highest BCUT2D eigenvalue weighted by Crippen LogP contribution is 2.28. The van der Waals surface area contributed by atoms with Crippen LogP contribution < -0.4 is 5.32 Å². The van der Waals surface area contributed by atoms with E-state index >= 15 is 0 Å². The SMILES string of the molecule is COC1CCCC1NC1=NCC(C)(C)CS1. The lowest BCUT2D eigenvalue weighted by Gasteiger charge is -2.29. The Balaban J connectivity index is 1.88. The zero-order valence-electron chi connectivity index (χ0n) is 10.5. The van der Waals surface area contributed by atoms with E-state index in [1.807, 2.05) is 18.9 Å². The fourth-order valence-electron chi connectivity index (χ4n) is 2.26. The molecule has 0 spiro atoms. The van der Waals surface area contributed by atoms with Crippen molar-refractivity contribution in [1.82, 2.24) is 5.32 Å². The number of rotatable bonds is 2. The average molecular weight is 242 g/mol. The molecule has 1 aliphatic heterocycles. The van der Waals surface area contributed by atoms with Crippen molar-refractivity contribution >= 4 is 16.9 Å². The van der Waals surface area contributed by atoms with Crippen molar-refractivity contribution in [3.05, 3.63) is 0 Å². The summed E-state index contributed by atoms with van der Waals surface area (Å²) < 4.78 is 5.48. The molecular formula is C12H22N2OS. The zero-order valence-corrected chi connectivity index (χ0v) is 11.3. The number of nitrogens with zero attached hydrogens (tertiary/aromatic N) is 1. The Morgan fingerprint density at radius 2 is 2.25 bits per heavy atom. The van der Waals surface area contributed by atoms with E-state index in [0.29, 0.717) is 17.6 Å². The van der Waals surface area contributed by atoms with Crippen LogP contribution in [0.15, 0.2) is 4.99 Å². The summed E-state index contributed by atoms with van der Waals surface area (Å²) in [7, 11) is 1.81. The third-order valence-corrected chi connectivity index (χ3v) is 4.76. The van der Waals surface area contributed by atoms with E-state index < -0.39 is 0 Å². The van der Waals surface area contributed by atoms with Gasteiger partial charge in [0.2, 0.25) is 0 Å². The second-order valence-corrected chi connectivity index (χ2v) is 6.49. The van der Waals surface area contributed by atoms with Crippen LogP contribution in [0, 0.1) is 5.41 Å². The minimum atomic E-state index is 0.353. The predicted molar refractivity (Wildman–Crippen MR) is 70.1 cm³/mol. The largest absolute Gasteiger partial charge is 0.379 e. The standard InChI is InChI=1S/C12H22N2OS/c1-12(2)7-13-11(16-8-12)14-9-5-4-6-10(9)15-3/h9-10H,4-8H2,1-3H3,(H,13,14). The summed E-state index contributed by atoms with van der Waals surface area (Å²) in [5, 5.41) is 4.66. The van der Waals surface area contributed by atoms with Crippen LogP contribution in [0.1, 0.15) is 33.1 Å². The Kier molecular flexibility index (Phi) is 3.80. The smallest absolute Gasteiger partial charge is 0.156 e. The van der Waals surface area contributed by atoms with E-state index in [2.05, 4.69) is 24.2 Å². The Bertz CT molecular complexity index is 278. The highest BCUT2D eigenvalue weighted by molar-refractivity contribution is 8.13. The third-order valence-electron chi connectivity index (χ3n) is 3.31. The van der Waals surface area contributed by atoms with Gasteiger partial charge >= 0.3 is 0 Å². The molecule has 92 valence electrons. The number of nitrogens with one attached hydrogen (secondary N) is 1. The van der Waals surface area contributed by atoms with E-state index in [-0.39, 0.29) is 0 Å². The van der Waals surface area contributed by atoms with Crippen molar-refractivity contribution < 1.29 is 4.74 Å². The lowest BCUT2D eigenvalue weighted by Crippen LogP contribution is -2.42. The van der Waals surface area contributed by atoms with E-state index in [4.69, 9.17) is 4.74 Å². The minimum absolute atomic E-state index is 0.353. The first-order valence-electron chi connectivity index (χ1n) is 6.07. The second kappa shape index (κ2) is 4.96. The maximum absolute atomic E-state index is 5.48. The molecule has 2 unspecified atom stereocenters. The number of aliphatic imine (C=N–C) groups is 1. The quantitative estimate of drug-likeness (QED) is 0.806. The molecule has 1 fully saturated rings. The molecule has 0 aromatic heterocycles. The fourth-order valence-corrected chi connectivity index (χ4v) is 3.27. The molecule has 0 aromatic rings. The van der Waals surface area contributed by atoms with E-state index in [9.17, 15) is 0 Å². The predicted octanol–water partition coefficient (Wildman–Crippen LogP) is 2.27. The summed E-state index contributed by atoms with van der Waals surface area (Å²) in [6.45, 7) is 5.48. The summed E-state index contributed by atoms with van der Waals surface area (Å²) in [5.41, 5.74) is 0.353. The van der Waals surface area contributed by atoms with Gasteiger partial charge in [0.15, 0.2) is 5.17 Å². The highest BCUT2D eigenvalue weighted by Gasteiger charge is 2.30. The first kappa shape index (κ1) is 12.2. The fraction of sp³-hybridized carbons (Fsp3) is 0.917. The van der Waals surface area contributed by atoms with Crippen molar-refractivity contribution in [2.75, 3.05) is 19.4 Å². The summed E-state index contributed by atoms with van der Waals surface area (Å²) in [4.78, 5) is 4.63. The van der Waals surface area contributed by atoms with Crippen LogP contribution in [0.4, 0.5) is 0 Å². The first-order valence-corrected chi connectivity index (χ1v) is 7.06. The number of hydrogen-bond acceptors (Lipinski definition) is 4. The number of thioether (sulfide) groups is 1. The Morgan fingerprint density at radius 3 is 2.88 bits per heavy atom. The van der Waals surface area contributed by atoms with Crippen LogP contribution in [0.25, 0.3) is 0 Å². The van der Waals surface area contributed by atoms with Gasteiger partial charge < -0.3 is 10.1 Å². The molecule has 4 heteroatoms. The zero-order chi connectivity index (χ0) is 11.6. The Labute approximate surface area is 102 Å². The molecule has 0 radical (unpaired) electrons. The van der Waals surface area contributed by atoms with Gasteiger partial charge in [-0.1, -0.05) is 25.6 Å². The molecule has 2 aliphatic rings. The topological polar surface area (TPSA) is 33.6 Å². The van der Waals surface area contributed by atoms with Gasteiger partial charge in [0.25, 0.3) is 0 Å². The maximum atomic E-state index is 5.48. The summed E-state index contributed by atoms with van der Waals surface area (Å²) in [6, 6.07) is 0.470. The molecule has 0 amide bonds. The first-order chi connectivity index (χ1) is 7.61. The molecule has 1 saturated carbocycles. The number of hydrogen-bond donors (Lipinski definition) is 1. The minimum Gasteiger partial charge on any atom is -0.379 e. The van der Waals surface area contributed by atoms with Gasteiger partial charge in [-0.25, -0.2) is 0 Å². The van der Waals surface area contributed by atoms with Gasteiger partial charge in [-0.3, -0.25) is 4.99 Å². The maximum Gasteiger partial charge on any atom is 0.156 e. The van der Waals surface area contributed by atoms with Crippen LogP contribution in [-0.2, 0) is 4.74 Å². The van der Waals surface area contributed by atoms with E-state index in [0.717, 1.165) is 17.5 Å². The average Bonchev–Trinajstić information content (AvgIpc) is 2.68. The van der Waals surface area contributed by atoms with Crippen molar-refractivity contribution in [1.29, 1.82) is 0 Å². The second-order valence-electron chi connectivity index (χ2n) is 5.53. The number of methoxy groups -OCH3 is 1. The van der Waals surface area contributed by atoms with Gasteiger partial charge in [-0.05, 0) is 24.7 Å². The van der Waals surface area contributed by atoms with Crippen LogP contribution in [0.3, 0.4) is 0 Å². The van der Waals surface area contributed by atoms with E-state index in [1.54, 1.807) is 0 Å². The number of ether oxygens (including phenoxy) is 1. The molecular weight excluding hydrogens is 220 g/mol. The molecule has 1 aliphatic carbocycles. The van der Waals surface area contributed by atoms with Crippen molar-refractivity contribution in [2.24, 2.45) is 10.4 Å². The molecule has 0 aromatic carbocycles. The van der Waals surface area contributed by atoms with Crippen molar-refractivity contribution in [3.63, 3.8) is 0 Å². The van der Waals surface area contributed by atoms with Crippen LogP contribution in [0.5, 0.6) is 0 Å². The van der Waals surface area contributed by atoms with Gasteiger partial charge in [-0.15, -0.1) is 0 Å². The normalized spacial score (nSPS) is 33.6. The van der Waals surface area contributed by atoms with E-state index in [1.165, 1.54) is 19.3 Å². The summed E-state index contributed by atoms with van der Waals surface area (Å²) >= 11 is 1.85. The number of amidine groups is 1. The summed E-state index contributed by atoms with van der Waals surface area (Å²) in [6.07, 6.45) is 4.02. The lowest BCUT2D eigenvalue weighted by atomic mass is 9.97. The molecule has 2 atom stereocenters. The van der Waals surface area contributed by atoms with Crippen LogP contribution in [-0.4, -0.2) is 36.7 Å². The third kappa shape index (κ3) is 2.92. The van der Waals surface area contributed by atoms with Crippen LogP contribution in [0.2, 0.25) is 0 Å². The molecule has 0 saturated heterocycles. The highest BCUT2D eigenvalue weighted by atomic mass is 32.2. The Morgan fingerprint density at radius 1 is 1.44 bits per heavy atom. The van der Waals surface area contributed by atoms with Gasteiger partial charge in [-0.2, -0.15) is 0 Å².